The van der Waals surface area contributed by atoms with Gasteiger partial charge in [-0.3, -0.25) is 0 Å². The lowest BCUT2D eigenvalue weighted by Crippen LogP contribution is -2.39. The first-order valence-electron chi connectivity index (χ1n) is 7.66. The summed E-state index contributed by atoms with van der Waals surface area (Å²) in [6.45, 7) is 8.00. The maximum absolute atomic E-state index is 4.65. The number of anilines is 1. The molecule has 3 rings (SSSR count). The first kappa shape index (κ1) is 12.9. The van der Waals surface area contributed by atoms with E-state index in [4.69, 9.17) is 0 Å². The monoisotopic (exact) mass is 259 g/mol. The summed E-state index contributed by atoms with van der Waals surface area (Å²) in [6.07, 6.45) is 5.90. The van der Waals surface area contributed by atoms with Crippen LogP contribution in [-0.4, -0.2) is 24.1 Å². The van der Waals surface area contributed by atoms with Crippen LogP contribution in [-0.2, 0) is 6.54 Å². The van der Waals surface area contributed by atoms with E-state index in [1.165, 1.54) is 30.6 Å². The fraction of sp³-hybridized carbons (Fsp3) is 0.688. The molecular weight excluding hydrogens is 234 g/mol. The number of piperidine rings is 1. The standard InChI is InChI=1S/C16H25N3/c1-12-7-9-19(11-13(12)2)16-14(4-3-8-17-16)10-18-15-5-6-15/h3-4,8,12-13,15,18H,5-7,9-11H2,1-2H3. The Morgan fingerprint density at radius 2 is 2.11 bits per heavy atom. The molecule has 0 aromatic carbocycles. The lowest BCUT2D eigenvalue weighted by Gasteiger charge is -2.37. The number of pyridine rings is 1. The van der Waals surface area contributed by atoms with Gasteiger partial charge in [-0.25, -0.2) is 4.98 Å². The van der Waals surface area contributed by atoms with Gasteiger partial charge in [0, 0.05) is 37.4 Å². The highest BCUT2D eigenvalue weighted by molar-refractivity contribution is 5.47. The Morgan fingerprint density at radius 1 is 1.26 bits per heavy atom. The molecule has 1 aliphatic heterocycles. The molecule has 1 aromatic rings. The van der Waals surface area contributed by atoms with E-state index < -0.39 is 0 Å². The van der Waals surface area contributed by atoms with E-state index in [2.05, 4.69) is 41.2 Å². The van der Waals surface area contributed by atoms with Crippen LogP contribution < -0.4 is 10.2 Å². The van der Waals surface area contributed by atoms with Crippen LogP contribution in [0.1, 0.15) is 38.7 Å². The van der Waals surface area contributed by atoms with Crippen LogP contribution in [0, 0.1) is 11.8 Å². The molecule has 2 aliphatic rings. The molecule has 1 N–H and O–H groups in total. The van der Waals surface area contributed by atoms with Crippen molar-refractivity contribution in [2.75, 3.05) is 18.0 Å². The van der Waals surface area contributed by atoms with Crippen molar-refractivity contribution < 1.29 is 0 Å². The first-order chi connectivity index (χ1) is 9.24. The quantitative estimate of drug-likeness (QED) is 0.901. The smallest absolute Gasteiger partial charge is 0.133 e. The maximum Gasteiger partial charge on any atom is 0.133 e. The van der Waals surface area contributed by atoms with E-state index in [1.807, 2.05) is 6.20 Å². The molecule has 0 bridgehead atoms. The molecule has 0 amide bonds. The molecule has 2 heterocycles. The average molecular weight is 259 g/mol. The lowest BCUT2D eigenvalue weighted by atomic mass is 9.88. The maximum atomic E-state index is 4.65. The van der Waals surface area contributed by atoms with Crippen molar-refractivity contribution >= 4 is 5.82 Å². The third-order valence-electron chi connectivity index (χ3n) is 4.66. The zero-order valence-corrected chi connectivity index (χ0v) is 12.1. The normalized spacial score (nSPS) is 27.6. The Hall–Kier alpha value is -1.09. The topological polar surface area (TPSA) is 28.2 Å². The molecule has 19 heavy (non-hydrogen) atoms. The Kier molecular flexibility index (Phi) is 3.74. The summed E-state index contributed by atoms with van der Waals surface area (Å²) >= 11 is 0. The minimum Gasteiger partial charge on any atom is -0.356 e. The molecule has 2 atom stereocenters. The molecule has 0 radical (unpaired) electrons. The fourth-order valence-corrected chi connectivity index (χ4v) is 2.85. The molecule has 1 saturated carbocycles. The number of nitrogens with zero attached hydrogens (tertiary/aromatic N) is 2. The van der Waals surface area contributed by atoms with Crippen LogP contribution in [0.3, 0.4) is 0 Å². The van der Waals surface area contributed by atoms with Crippen LogP contribution in [0.25, 0.3) is 0 Å². The van der Waals surface area contributed by atoms with Gasteiger partial charge in [-0.15, -0.1) is 0 Å². The first-order valence-corrected chi connectivity index (χ1v) is 7.66. The van der Waals surface area contributed by atoms with Gasteiger partial charge in [-0.05, 0) is 37.2 Å². The number of hydrogen-bond acceptors (Lipinski definition) is 3. The third kappa shape index (κ3) is 3.08. The number of nitrogens with one attached hydrogen (secondary N) is 1. The van der Waals surface area contributed by atoms with Crippen LogP contribution >= 0.6 is 0 Å². The van der Waals surface area contributed by atoms with Crippen molar-refractivity contribution in [3.05, 3.63) is 23.9 Å². The van der Waals surface area contributed by atoms with Crippen LogP contribution in [0.4, 0.5) is 5.82 Å². The van der Waals surface area contributed by atoms with E-state index >= 15 is 0 Å². The summed E-state index contributed by atoms with van der Waals surface area (Å²) in [5, 5.41) is 3.61. The van der Waals surface area contributed by atoms with Crippen molar-refractivity contribution in [1.29, 1.82) is 0 Å². The molecule has 104 valence electrons. The Balaban J connectivity index is 1.71. The molecular formula is C16H25N3. The Bertz CT molecular complexity index is 428. The largest absolute Gasteiger partial charge is 0.356 e. The molecule has 0 spiro atoms. The summed E-state index contributed by atoms with van der Waals surface area (Å²) in [6, 6.07) is 5.04. The minimum atomic E-state index is 0.758. The lowest BCUT2D eigenvalue weighted by molar-refractivity contribution is 0.322. The van der Waals surface area contributed by atoms with Gasteiger partial charge in [0.05, 0.1) is 0 Å². The van der Waals surface area contributed by atoms with Crippen molar-refractivity contribution in [3.63, 3.8) is 0 Å². The second-order valence-electron chi connectivity index (χ2n) is 6.33. The third-order valence-corrected chi connectivity index (χ3v) is 4.66. The summed E-state index contributed by atoms with van der Waals surface area (Å²) in [5.74, 6) is 2.81. The second kappa shape index (κ2) is 5.49. The van der Waals surface area contributed by atoms with E-state index in [9.17, 15) is 0 Å². The highest BCUT2D eigenvalue weighted by Crippen LogP contribution is 2.28. The molecule has 3 nitrogen and oxygen atoms in total. The van der Waals surface area contributed by atoms with Crippen molar-refractivity contribution in [2.24, 2.45) is 11.8 Å². The predicted molar refractivity (Wildman–Crippen MR) is 79.3 cm³/mol. The summed E-state index contributed by atoms with van der Waals surface area (Å²) < 4.78 is 0. The number of hydrogen-bond donors (Lipinski definition) is 1. The van der Waals surface area contributed by atoms with E-state index in [0.29, 0.717) is 0 Å². The molecule has 2 unspecified atom stereocenters. The van der Waals surface area contributed by atoms with Gasteiger partial charge in [0.1, 0.15) is 5.82 Å². The van der Waals surface area contributed by atoms with Crippen molar-refractivity contribution in [1.82, 2.24) is 10.3 Å². The Morgan fingerprint density at radius 3 is 2.84 bits per heavy atom. The van der Waals surface area contributed by atoms with Crippen LogP contribution in [0.2, 0.25) is 0 Å². The molecule has 1 saturated heterocycles. The van der Waals surface area contributed by atoms with Crippen molar-refractivity contribution in [3.8, 4) is 0 Å². The molecule has 1 aromatic heterocycles. The zero-order valence-electron chi connectivity index (χ0n) is 12.1. The molecule has 2 fully saturated rings. The number of rotatable bonds is 4. The summed E-state index contributed by atoms with van der Waals surface area (Å²) in [7, 11) is 0. The van der Waals surface area contributed by atoms with Gasteiger partial charge in [0.25, 0.3) is 0 Å². The van der Waals surface area contributed by atoms with Gasteiger partial charge in [0.15, 0.2) is 0 Å². The summed E-state index contributed by atoms with van der Waals surface area (Å²) in [5.41, 5.74) is 1.36. The highest BCUT2D eigenvalue weighted by Gasteiger charge is 2.25. The second-order valence-corrected chi connectivity index (χ2v) is 6.33. The Labute approximate surface area is 116 Å². The van der Waals surface area contributed by atoms with E-state index in [1.54, 1.807) is 0 Å². The van der Waals surface area contributed by atoms with E-state index in [-0.39, 0.29) is 0 Å². The van der Waals surface area contributed by atoms with E-state index in [0.717, 1.165) is 37.5 Å². The number of aromatic nitrogens is 1. The van der Waals surface area contributed by atoms with Gasteiger partial charge in [0.2, 0.25) is 0 Å². The van der Waals surface area contributed by atoms with Gasteiger partial charge in [-0.1, -0.05) is 19.9 Å². The van der Waals surface area contributed by atoms with Crippen LogP contribution in [0.5, 0.6) is 0 Å². The van der Waals surface area contributed by atoms with Gasteiger partial charge < -0.3 is 10.2 Å². The molecule has 3 heteroatoms. The van der Waals surface area contributed by atoms with Crippen LogP contribution in [0.15, 0.2) is 18.3 Å². The molecule has 1 aliphatic carbocycles. The summed E-state index contributed by atoms with van der Waals surface area (Å²) in [4.78, 5) is 7.13. The highest BCUT2D eigenvalue weighted by atomic mass is 15.2. The van der Waals surface area contributed by atoms with Gasteiger partial charge >= 0.3 is 0 Å². The predicted octanol–water partition coefficient (Wildman–Crippen LogP) is 2.82. The SMILES string of the molecule is CC1CCN(c2ncccc2CNC2CC2)CC1C. The van der Waals surface area contributed by atoms with Gasteiger partial charge in [-0.2, -0.15) is 0 Å². The minimum absolute atomic E-state index is 0.758. The fourth-order valence-electron chi connectivity index (χ4n) is 2.85. The zero-order chi connectivity index (χ0) is 13.2. The average Bonchev–Trinajstić information content (AvgIpc) is 3.24. The van der Waals surface area contributed by atoms with Crippen molar-refractivity contribution in [2.45, 2.75) is 45.7 Å².